The van der Waals surface area contributed by atoms with Crippen molar-refractivity contribution in [1.82, 2.24) is 15.1 Å². The average molecular weight is 315 g/mol. The van der Waals surface area contributed by atoms with Gasteiger partial charge in [0.2, 0.25) is 0 Å². The van der Waals surface area contributed by atoms with Crippen molar-refractivity contribution in [3.63, 3.8) is 0 Å². The smallest absolute Gasteiger partial charge is 0.154 e. The van der Waals surface area contributed by atoms with Crippen molar-refractivity contribution in [2.75, 3.05) is 12.3 Å². The number of nitrogens with one attached hydrogen (secondary N) is 1. The summed E-state index contributed by atoms with van der Waals surface area (Å²) in [5.74, 6) is 0.753. The molecule has 5 nitrogen and oxygen atoms in total. The summed E-state index contributed by atoms with van der Waals surface area (Å²) in [6.07, 6.45) is 0. The standard InChI is InChI=1S/C15H29N3O2S/c1-11(2)9-16-10-15-13(5)17-18(14(15)6)7-8-21(19,20)12(3)4/h11-12,16H,7-10H2,1-6H3. The summed E-state index contributed by atoms with van der Waals surface area (Å²) in [4.78, 5) is 0. The average Bonchev–Trinajstić information content (AvgIpc) is 2.63. The highest BCUT2D eigenvalue weighted by molar-refractivity contribution is 7.91. The fourth-order valence-corrected chi connectivity index (χ4v) is 3.04. The molecule has 122 valence electrons. The second-order valence-corrected chi connectivity index (χ2v) is 8.99. The first-order valence-corrected chi connectivity index (χ1v) is 9.31. The zero-order valence-electron chi connectivity index (χ0n) is 14.1. The van der Waals surface area contributed by atoms with Crippen molar-refractivity contribution in [1.29, 1.82) is 0 Å². The number of aromatic nitrogens is 2. The molecule has 0 fully saturated rings. The van der Waals surface area contributed by atoms with Crippen molar-refractivity contribution in [2.45, 2.75) is 59.9 Å². The molecule has 0 aromatic carbocycles. The molecule has 0 bridgehead atoms. The molecule has 0 aliphatic carbocycles. The van der Waals surface area contributed by atoms with Gasteiger partial charge in [0.25, 0.3) is 0 Å². The van der Waals surface area contributed by atoms with Crippen molar-refractivity contribution < 1.29 is 8.42 Å². The number of rotatable bonds is 8. The third-order valence-corrected chi connectivity index (χ3v) is 5.88. The lowest BCUT2D eigenvalue weighted by Gasteiger charge is -2.10. The summed E-state index contributed by atoms with van der Waals surface area (Å²) in [6, 6.07) is 0. The van der Waals surface area contributed by atoms with E-state index in [0.29, 0.717) is 12.5 Å². The van der Waals surface area contributed by atoms with Crippen LogP contribution in [0.3, 0.4) is 0 Å². The highest BCUT2D eigenvalue weighted by atomic mass is 32.2. The van der Waals surface area contributed by atoms with E-state index in [4.69, 9.17) is 0 Å². The predicted molar refractivity (Wildman–Crippen MR) is 87.2 cm³/mol. The maximum atomic E-state index is 11.9. The van der Waals surface area contributed by atoms with Crippen LogP contribution in [0.15, 0.2) is 0 Å². The zero-order chi connectivity index (χ0) is 16.2. The van der Waals surface area contributed by atoms with Gasteiger partial charge in [-0.3, -0.25) is 4.68 Å². The monoisotopic (exact) mass is 315 g/mol. The van der Waals surface area contributed by atoms with Crippen LogP contribution in [0.1, 0.15) is 44.6 Å². The molecule has 1 aromatic heterocycles. The number of sulfone groups is 1. The van der Waals surface area contributed by atoms with Gasteiger partial charge in [-0.25, -0.2) is 8.42 Å². The topological polar surface area (TPSA) is 64.0 Å². The van der Waals surface area contributed by atoms with E-state index in [2.05, 4.69) is 24.3 Å². The van der Waals surface area contributed by atoms with Gasteiger partial charge in [-0.2, -0.15) is 5.10 Å². The summed E-state index contributed by atoms with van der Waals surface area (Å²) >= 11 is 0. The Morgan fingerprint density at radius 3 is 2.33 bits per heavy atom. The summed E-state index contributed by atoms with van der Waals surface area (Å²) in [5, 5.41) is 7.57. The molecule has 0 saturated carbocycles. The Bertz CT molecular complexity index is 560. The van der Waals surface area contributed by atoms with Crippen LogP contribution >= 0.6 is 0 Å². The molecule has 0 saturated heterocycles. The molecule has 1 heterocycles. The summed E-state index contributed by atoms with van der Waals surface area (Å²) in [6.45, 7) is 14.0. The molecule has 0 unspecified atom stereocenters. The van der Waals surface area contributed by atoms with Crippen LogP contribution in [-0.2, 0) is 22.9 Å². The molecule has 0 atom stereocenters. The largest absolute Gasteiger partial charge is 0.312 e. The van der Waals surface area contributed by atoms with E-state index in [1.54, 1.807) is 13.8 Å². The van der Waals surface area contributed by atoms with Gasteiger partial charge in [-0.05, 0) is 40.2 Å². The first kappa shape index (κ1) is 18.2. The predicted octanol–water partition coefficient (Wildman–Crippen LogP) is 2.07. The van der Waals surface area contributed by atoms with Crippen LogP contribution in [0.25, 0.3) is 0 Å². The first-order chi connectivity index (χ1) is 9.65. The molecule has 1 rings (SSSR count). The molecule has 0 radical (unpaired) electrons. The second-order valence-electron chi connectivity index (χ2n) is 6.31. The van der Waals surface area contributed by atoms with Crippen molar-refractivity contribution in [3.05, 3.63) is 17.0 Å². The SMILES string of the molecule is Cc1nn(CCS(=O)(=O)C(C)C)c(C)c1CNCC(C)C. The van der Waals surface area contributed by atoms with Crippen LogP contribution in [0.5, 0.6) is 0 Å². The van der Waals surface area contributed by atoms with Gasteiger partial charge in [0.15, 0.2) is 9.84 Å². The number of hydrogen-bond acceptors (Lipinski definition) is 4. The van der Waals surface area contributed by atoms with Gasteiger partial charge in [0.1, 0.15) is 0 Å². The van der Waals surface area contributed by atoms with Crippen molar-refractivity contribution in [2.24, 2.45) is 5.92 Å². The lowest BCUT2D eigenvalue weighted by Crippen LogP contribution is -2.22. The zero-order valence-corrected chi connectivity index (χ0v) is 14.9. The van der Waals surface area contributed by atoms with E-state index < -0.39 is 9.84 Å². The third kappa shape index (κ3) is 5.11. The molecule has 6 heteroatoms. The van der Waals surface area contributed by atoms with Gasteiger partial charge in [0.05, 0.1) is 23.2 Å². The third-order valence-electron chi connectivity index (χ3n) is 3.69. The molecule has 0 amide bonds. The lowest BCUT2D eigenvalue weighted by atomic mass is 10.2. The highest BCUT2D eigenvalue weighted by Gasteiger charge is 2.18. The lowest BCUT2D eigenvalue weighted by molar-refractivity contribution is 0.549. The van der Waals surface area contributed by atoms with E-state index in [1.165, 1.54) is 5.56 Å². The van der Waals surface area contributed by atoms with Gasteiger partial charge in [-0.1, -0.05) is 13.8 Å². The molecule has 1 N–H and O–H groups in total. The van der Waals surface area contributed by atoms with E-state index in [-0.39, 0.29) is 11.0 Å². The fraction of sp³-hybridized carbons (Fsp3) is 0.800. The normalized spacial score (nSPS) is 12.6. The molecule has 21 heavy (non-hydrogen) atoms. The minimum absolute atomic E-state index is 0.144. The van der Waals surface area contributed by atoms with E-state index in [9.17, 15) is 8.42 Å². The highest BCUT2D eigenvalue weighted by Crippen LogP contribution is 2.13. The molecular formula is C15H29N3O2S. The molecular weight excluding hydrogens is 286 g/mol. The van der Waals surface area contributed by atoms with Gasteiger partial charge in [0, 0.05) is 17.8 Å². The summed E-state index contributed by atoms with van der Waals surface area (Å²) in [5.41, 5.74) is 3.21. The van der Waals surface area contributed by atoms with Gasteiger partial charge >= 0.3 is 0 Å². The van der Waals surface area contributed by atoms with Crippen LogP contribution in [0.4, 0.5) is 0 Å². The minimum Gasteiger partial charge on any atom is -0.312 e. The van der Waals surface area contributed by atoms with Crippen LogP contribution in [0, 0.1) is 19.8 Å². The van der Waals surface area contributed by atoms with Crippen LogP contribution < -0.4 is 5.32 Å². The van der Waals surface area contributed by atoms with Crippen LogP contribution in [-0.4, -0.2) is 35.7 Å². The Morgan fingerprint density at radius 1 is 1.19 bits per heavy atom. The maximum Gasteiger partial charge on any atom is 0.154 e. The maximum absolute atomic E-state index is 11.9. The number of hydrogen-bond donors (Lipinski definition) is 1. The number of nitrogens with zero attached hydrogens (tertiary/aromatic N) is 2. The summed E-state index contributed by atoms with van der Waals surface area (Å²) < 4.78 is 25.6. The Kier molecular flexibility index (Phi) is 6.41. The minimum atomic E-state index is -3.02. The first-order valence-electron chi connectivity index (χ1n) is 7.60. The van der Waals surface area contributed by atoms with E-state index in [0.717, 1.165) is 24.5 Å². The second kappa shape index (κ2) is 7.40. The Hall–Kier alpha value is -0.880. The van der Waals surface area contributed by atoms with Gasteiger partial charge in [-0.15, -0.1) is 0 Å². The van der Waals surface area contributed by atoms with Gasteiger partial charge < -0.3 is 5.32 Å². The number of aryl methyl sites for hydroxylation is 2. The molecule has 0 spiro atoms. The Labute approximate surface area is 129 Å². The molecule has 1 aromatic rings. The Morgan fingerprint density at radius 2 is 1.81 bits per heavy atom. The Balaban J connectivity index is 2.73. The van der Waals surface area contributed by atoms with Crippen LogP contribution in [0.2, 0.25) is 0 Å². The molecule has 0 aliphatic rings. The quantitative estimate of drug-likeness (QED) is 0.797. The van der Waals surface area contributed by atoms with Crippen molar-refractivity contribution in [3.8, 4) is 0 Å². The van der Waals surface area contributed by atoms with Crippen molar-refractivity contribution >= 4 is 9.84 Å². The molecule has 0 aliphatic heterocycles. The fourth-order valence-electron chi connectivity index (χ4n) is 2.14. The van der Waals surface area contributed by atoms with E-state index >= 15 is 0 Å². The summed E-state index contributed by atoms with van der Waals surface area (Å²) in [7, 11) is -3.02. The van der Waals surface area contributed by atoms with E-state index in [1.807, 2.05) is 18.5 Å².